The van der Waals surface area contributed by atoms with Crippen LogP contribution in [0, 0.1) is 13.8 Å². The molecule has 86 valence electrons. The number of aryl methyl sites for hydroxylation is 2. The number of rotatable bonds is 1. The van der Waals surface area contributed by atoms with Crippen LogP contribution in [0.5, 0.6) is 0 Å². The molecule has 0 radical (unpaired) electrons. The number of fused-ring (bicyclic) bond motifs is 1. The molecule has 0 aliphatic carbocycles. The summed E-state index contributed by atoms with van der Waals surface area (Å²) < 4.78 is 1.95. The Kier molecular flexibility index (Phi) is 2.38. The topological polar surface area (TPSA) is 43.1 Å². The van der Waals surface area contributed by atoms with Crippen LogP contribution >= 0.6 is 22.9 Å². The van der Waals surface area contributed by atoms with E-state index in [-0.39, 0.29) is 0 Å². The van der Waals surface area contributed by atoms with E-state index in [9.17, 15) is 0 Å². The predicted octanol–water partition coefficient (Wildman–Crippen LogP) is 3.12. The minimum Gasteiger partial charge on any atom is -0.275 e. The molecule has 0 fully saturated rings. The van der Waals surface area contributed by atoms with Crippen LogP contribution < -0.4 is 0 Å². The molecule has 0 spiro atoms. The Morgan fingerprint density at radius 1 is 1.29 bits per heavy atom. The Hall–Kier alpha value is -1.46. The van der Waals surface area contributed by atoms with E-state index in [2.05, 4.69) is 15.2 Å². The van der Waals surface area contributed by atoms with Crippen LogP contribution in [0.3, 0.4) is 0 Å². The maximum Gasteiger partial charge on any atom is 0.199 e. The van der Waals surface area contributed by atoms with Gasteiger partial charge in [0.2, 0.25) is 0 Å². The van der Waals surface area contributed by atoms with Crippen molar-refractivity contribution in [1.82, 2.24) is 19.6 Å². The second kappa shape index (κ2) is 3.78. The molecule has 0 bridgehead atoms. The van der Waals surface area contributed by atoms with Gasteiger partial charge in [0.1, 0.15) is 0 Å². The van der Waals surface area contributed by atoms with Gasteiger partial charge in [0.05, 0.1) is 10.6 Å². The number of nitrogens with zero attached hydrogens (tertiary/aromatic N) is 4. The van der Waals surface area contributed by atoms with Crippen molar-refractivity contribution < 1.29 is 0 Å². The Labute approximate surface area is 107 Å². The molecule has 0 atom stereocenters. The highest BCUT2D eigenvalue weighted by atomic mass is 35.5. The van der Waals surface area contributed by atoms with Crippen LogP contribution in [-0.4, -0.2) is 19.6 Å². The minimum absolute atomic E-state index is 0.392. The summed E-state index contributed by atoms with van der Waals surface area (Å²) in [5.74, 6) is 0.819. The lowest BCUT2D eigenvalue weighted by atomic mass is 10.3. The predicted molar refractivity (Wildman–Crippen MR) is 68.6 cm³/mol. The normalized spacial score (nSPS) is 11.2. The molecule has 3 aromatic heterocycles. The van der Waals surface area contributed by atoms with Crippen molar-refractivity contribution in [3.63, 3.8) is 0 Å². The molecule has 17 heavy (non-hydrogen) atoms. The van der Waals surface area contributed by atoms with E-state index in [1.54, 1.807) is 11.3 Å². The summed E-state index contributed by atoms with van der Waals surface area (Å²) in [5, 5.41) is 10.7. The molecule has 3 aromatic rings. The van der Waals surface area contributed by atoms with E-state index in [1.807, 2.05) is 35.8 Å². The van der Waals surface area contributed by atoms with E-state index >= 15 is 0 Å². The lowest BCUT2D eigenvalue weighted by molar-refractivity contribution is 1.00. The molecule has 0 aromatic carbocycles. The second-order valence-electron chi connectivity index (χ2n) is 3.73. The molecule has 3 heterocycles. The summed E-state index contributed by atoms with van der Waals surface area (Å²) in [6, 6.07) is 4.01. The van der Waals surface area contributed by atoms with E-state index in [1.165, 1.54) is 0 Å². The molecule has 6 heteroatoms. The van der Waals surface area contributed by atoms with Crippen LogP contribution in [0.15, 0.2) is 17.5 Å². The van der Waals surface area contributed by atoms with Crippen molar-refractivity contribution in [2.45, 2.75) is 13.8 Å². The standard InChI is InChI=1S/C11H9ClN4S/c1-6-7(2)16-10(8-4-3-5-17-8)14-15-11(16)9(12)13-6/h3-5H,1-2H3. The first kappa shape index (κ1) is 10.7. The largest absolute Gasteiger partial charge is 0.275 e. The molecule has 3 rings (SSSR count). The summed E-state index contributed by atoms with van der Waals surface area (Å²) in [4.78, 5) is 5.31. The molecule has 0 unspecified atom stereocenters. The maximum absolute atomic E-state index is 6.08. The molecule has 0 saturated carbocycles. The Morgan fingerprint density at radius 2 is 2.12 bits per heavy atom. The first-order valence-electron chi connectivity index (χ1n) is 5.10. The maximum atomic E-state index is 6.08. The second-order valence-corrected chi connectivity index (χ2v) is 5.04. The van der Waals surface area contributed by atoms with Gasteiger partial charge in [-0.15, -0.1) is 21.5 Å². The van der Waals surface area contributed by atoms with E-state index in [4.69, 9.17) is 11.6 Å². The number of hydrogen-bond donors (Lipinski definition) is 0. The molecular weight excluding hydrogens is 256 g/mol. The number of hydrogen-bond acceptors (Lipinski definition) is 4. The zero-order chi connectivity index (χ0) is 12.0. The highest BCUT2D eigenvalue weighted by Gasteiger charge is 2.15. The molecule has 0 amide bonds. The van der Waals surface area contributed by atoms with Gasteiger partial charge < -0.3 is 0 Å². The van der Waals surface area contributed by atoms with Crippen LogP contribution in [-0.2, 0) is 0 Å². The zero-order valence-corrected chi connectivity index (χ0v) is 10.9. The summed E-state index contributed by atoms with van der Waals surface area (Å²) in [7, 11) is 0. The first-order valence-corrected chi connectivity index (χ1v) is 6.36. The van der Waals surface area contributed by atoms with Gasteiger partial charge in [-0.1, -0.05) is 17.7 Å². The van der Waals surface area contributed by atoms with Gasteiger partial charge in [-0.05, 0) is 25.3 Å². The SMILES string of the molecule is Cc1nc(Cl)c2nnc(-c3cccs3)n2c1C. The quantitative estimate of drug-likeness (QED) is 0.678. The Balaban J connectivity index is 2.42. The third-order valence-electron chi connectivity index (χ3n) is 2.71. The van der Waals surface area contributed by atoms with Crippen LogP contribution in [0.4, 0.5) is 0 Å². The third kappa shape index (κ3) is 1.54. The molecule has 0 N–H and O–H groups in total. The molecule has 0 aliphatic rings. The Morgan fingerprint density at radius 3 is 2.82 bits per heavy atom. The summed E-state index contributed by atoms with van der Waals surface area (Å²) in [5.41, 5.74) is 2.51. The molecular formula is C11H9ClN4S. The fourth-order valence-corrected chi connectivity index (χ4v) is 2.69. The van der Waals surface area contributed by atoms with Crippen molar-refractivity contribution in [2.75, 3.05) is 0 Å². The first-order chi connectivity index (χ1) is 8.18. The summed E-state index contributed by atoms with van der Waals surface area (Å²) >= 11 is 7.71. The number of aromatic nitrogens is 4. The molecule has 4 nitrogen and oxygen atoms in total. The van der Waals surface area contributed by atoms with Gasteiger partial charge in [-0.3, -0.25) is 4.40 Å². The van der Waals surface area contributed by atoms with E-state index in [0.717, 1.165) is 22.1 Å². The van der Waals surface area contributed by atoms with Gasteiger partial charge >= 0.3 is 0 Å². The van der Waals surface area contributed by atoms with Gasteiger partial charge in [0.15, 0.2) is 16.6 Å². The average Bonchev–Trinajstić information content (AvgIpc) is 2.94. The van der Waals surface area contributed by atoms with Crippen molar-refractivity contribution in [3.05, 3.63) is 34.1 Å². The fourth-order valence-electron chi connectivity index (χ4n) is 1.74. The van der Waals surface area contributed by atoms with Crippen molar-refractivity contribution in [3.8, 4) is 10.7 Å². The fraction of sp³-hybridized carbons (Fsp3) is 0.182. The Bertz CT molecular complexity index is 687. The van der Waals surface area contributed by atoms with E-state index < -0.39 is 0 Å². The average molecular weight is 265 g/mol. The van der Waals surface area contributed by atoms with Crippen LogP contribution in [0.1, 0.15) is 11.4 Å². The zero-order valence-electron chi connectivity index (χ0n) is 9.31. The molecule has 0 saturated heterocycles. The molecule has 0 aliphatic heterocycles. The summed E-state index contributed by atoms with van der Waals surface area (Å²) in [6.07, 6.45) is 0. The van der Waals surface area contributed by atoms with Gasteiger partial charge in [0.25, 0.3) is 0 Å². The minimum atomic E-state index is 0.392. The third-order valence-corrected chi connectivity index (χ3v) is 3.83. The lowest BCUT2D eigenvalue weighted by Crippen LogP contribution is -2.00. The number of halogens is 1. The summed E-state index contributed by atoms with van der Waals surface area (Å²) in [6.45, 7) is 3.92. The van der Waals surface area contributed by atoms with Crippen molar-refractivity contribution >= 4 is 28.6 Å². The van der Waals surface area contributed by atoms with E-state index in [0.29, 0.717) is 10.8 Å². The smallest absolute Gasteiger partial charge is 0.199 e. The highest BCUT2D eigenvalue weighted by molar-refractivity contribution is 7.13. The van der Waals surface area contributed by atoms with Crippen molar-refractivity contribution in [1.29, 1.82) is 0 Å². The van der Waals surface area contributed by atoms with Crippen LogP contribution in [0.25, 0.3) is 16.3 Å². The lowest BCUT2D eigenvalue weighted by Gasteiger charge is -2.05. The monoisotopic (exact) mass is 264 g/mol. The van der Waals surface area contributed by atoms with Gasteiger partial charge in [-0.25, -0.2) is 4.98 Å². The highest BCUT2D eigenvalue weighted by Crippen LogP contribution is 2.27. The van der Waals surface area contributed by atoms with Gasteiger partial charge in [0, 0.05) is 5.69 Å². The van der Waals surface area contributed by atoms with Crippen molar-refractivity contribution in [2.24, 2.45) is 0 Å². The van der Waals surface area contributed by atoms with Gasteiger partial charge in [-0.2, -0.15) is 0 Å². The number of thiophene rings is 1. The van der Waals surface area contributed by atoms with Crippen LogP contribution in [0.2, 0.25) is 5.15 Å².